The summed E-state index contributed by atoms with van der Waals surface area (Å²) in [5.41, 5.74) is 1.28. The highest BCUT2D eigenvalue weighted by atomic mass is 32.1. The van der Waals surface area contributed by atoms with Crippen molar-refractivity contribution in [3.05, 3.63) is 15.8 Å². The van der Waals surface area contributed by atoms with E-state index in [0.717, 1.165) is 23.3 Å². The van der Waals surface area contributed by atoms with Gasteiger partial charge in [-0.25, -0.2) is 4.79 Å². The van der Waals surface area contributed by atoms with Crippen LogP contribution in [0.4, 0.5) is 5.69 Å². The fourth-order valence-electron chi connectivity index (χ4n) is 2.59. The van der Waals surface area contributed by atoms with E-state index in [9.17, 15) is 9.59 Å². The molecule has 5 heteroatoms. The molecule has 0 spiro atoms. The lowest BCUT2D eigenvalue weighted by Crippen LogP contribution is -2.14. The molecule has 0 saturated heterocycles. The number of carboxylic acid groups (broad SMARTS) is 1. The third-order valence-electron chi connectivity index (χ3n) is 3.69. The first-order valence-electron chi connectivity index (χ1n) is 6.69. The highest BCUT2D eigenvalue weighted by Gasteiger charge is 2.19. The van der Waals surface area contributed by atoms with Gasteiger partial charge in [0.25, 0.3) is 0 Å². The number of carboxylic acids is 1. The zero-order chi connectivity index (χ0) is 13.8. The first-order chi connectivity index (χ1) is 9.08. The second kappa shape index (κ2) is 6.19. The molecule has 1 aliphatic carbocycles. The van der Waals surface area contributed by atoms with Gasteiger partial charge in [0, 0.05) is 6.42 Å². The molecular formula is C14H19NO3S. The average molecular weight is 281 g/mol. The van der Waals surface area contributed by atoms with E-state index in [0.29, 0.717) is 18.0 Å². The molecular weight excluding hydrogens is 262 g/mol. The number of aryl methyl sites for hydroxylation is 1. The third kappa shape index (κ3) is 3.56. The summed E-state index contributed by atoms with van der Waals surface area (Å²) in [4.78, 5) is 23.2. The van der Waals surface area contributed by atoms with Crippen LogP contribution in [-0.4, -0.2) is 17.0 Å². The molecule has 4 nitrogen and oxygen atoms in total. The van der Waals surface area contributed by atoms with Gasteiger partial charge >= 0.3 is 5.97 Å². The summed E-state index contributed by atoms with van der Waals surface area (Å²) >= 11 is 1.16. The van der Waals surface area contributed by atoms with Crippen LogP contribution < -0.4 is 5.32 Å². The van der Waals surface area contributed by atoms with Crippen molar-refractivity contribution in [1.29, 1.82) is 0 Å². The third-order valence-corrected chi connectivity index (χ3v) is 4.77. The second-order valence-electron chi connectivity index (χ2n) is 5.17. The molecule has 1 saturated carbocycles. The number of carbonyl (C=O) groups is 2. The maximum absolute atomic E-state index is 11.9. The Balaban J connectivity index is 1.91. The zero-order valence-corrected chi connectivity index (χ0v) is 11.9. The number of amides is 1. The lowest BCUT2D eigenvalue weighted by atomic mass is 10.0. The van der Waals surface area contributed by atoms with Crippen LogP contribution in [0.25, 0.3) is 0 Å². The fourth-order valence-corrected chi connectivity index (χ4v) is 3.44. The molecule has 0 aliphatic heterocycles. The normalized spacial score (nSPS) is 15.6. The van der Waals surface area contributed by atoms with Gasteiger partial charge in [0.05, 0.1) is 5.69 Å². The number of nitrogens with one attached hydrogen (secondary N) is 1. The lowest BCUT2D eigenvalue weighted by Gasteiger charge is -2.09. The molecule has 0 atom stereocenters. The Morgan fingerprint density at radius 1 is 1.42 bits per heavy atom. The number of thiophene rings is 1. The van der Waals surface area contributed by atoms with Gasteiger partial charge in [-0.1, -0.05) is 25.7 Å². The van der Waals surface area contributed by atoms with Crippen molar-refractivity contribution in [2.75, 3.05) is 5.32 Å². The van der Waals surface area contributed by atoms with E-state index in [-0.39, 0.29) is 10.8 Å². The van der Waals surface area contributed by atoms with E-state index in [1.807, 2.05) is 6.92 Å². The minimum Gasteiger partial charge on any atom is -0.477 e. The Morgan fingerprint density at radius 2 is 2.11 bits per heavy atom. The molecule has 2 N–H and O–H groups in total. The molecule has 0 unspecified atom stereocenters. The van der Waals surface area contributed by atoms with Crippen LogP contribution in [0.5, 0.6) is 0 Å². The van der Waals surface area contributed by atoms with E-state index < -0.39 is 5.97 Å². The summed E-state index contributed by atoms with van der Waals surface area (Å²) in [6.07, 6.45) is 6.41. The minimum absolute atomic E-state index is 0.0732. The Morgan fingerprint density at radius 3 is 2.74 bits per heavy atom. The van der Waals surface area contributed by atoms with Gasteiger partial charge in [0.1, 0.15) is 4.88 Å². The molecule has 0 aromatic carbocycles. The predicted molar refractivity (Wildman–Crippen MR) is 75.8 cm³/mol. The molecule has 19 heavy (non-hydrogen) atoms. The lowest BCUT2D eigenvalue weighted by molar-refractivity contribution is -0.116. The predicted octanol–water partition coefficient (Wildman–Crippen LogP) is 3.66. The Kier molecular flexibility index (Phi) is 4.58. The SMILES string of the molecule is Cc1csc(C(=O)O)c1NC(=O)CCC1CCCC1. The number of aromatic carboxylic acids is 1. The number of anilines is 1. The van der Waals surface area contributed by atoms with Crippen LogP contribution in [0.1, 0.15) is 53.8 Å². The zero-order valence-electron chi connectivity index (χ0n) is 11.1. The molecule has 1 amide bonds. The van der Waals surface area contributed by atoms with Crippen LogP contribution in [0.2, 0.25) is 0 Å². The average Bonchev–Trinajstić information content (AvgIpc) is 2.98. The fraction of sp³-hybridized carbons (Fsp3) is 0.571. The molecule has 1 aliphatic rings. The van der Waals surface area contributed by atoms with Gasteiger partial charge < -0.3 is 10.4 Å². The van der Waals surface area contributed by atoms with Crippen molar-refractivity contribution in [3.63, 3.8) is 0 Å². The number of hydrogen-bond acceptors (Lipinski definition) is 3. The van der Waals surface area contributed by atoms with Gasteiger partial charge in [-0.3, -0.25) is 4.79 Å². The maximum atomic E-state index is 11.9. The first-order valence-corrected chi connectivity index (χ1v) is 7.57. The van der Waals surface area contributed by atoms with E-state index in [4.69, 9.17) is 5.11 Å². The molecule has 1 aromatic heterocycles. The quantitative estimate of drug-likeness (QED) is 0.865. The highest BCUT2D eigenvalue weighted by Crippen LogP contribution is 2.30. The summed E-state index contributed by atoms with van der Waals surface area (Å²) in [5.74, 6) is -0.381. The summed E-state index contributed by atoms with van der Waals surface area (Å²) in [6.45, 7) is 1.82. The first kappa shape index (κ1) is 14.1. The van der Waals surface area contributed by atoms with Crippen LogP contribution in [0.3, 0.4) is 0 Å². The minimum atomic E-state index is -0.982. The monoisotopic (exact) mass is 281 g/mol. The molecule has 1 fully saturated rings. The van der Waals surface area contributed by atoms with Crippen molar-refractivity contribution in [2.24, 2.45) is 5.92 Å². The summed E-state index contributed by atoms with van der Waals surface area (Å²) < 4.78 is 0. The Hall–Kier alpha value is -1.36. The standard InChI is InChI=1S/C14H19NO3S/c1-9-8-19-13(14(17)18)12(9)15-11(16)7-6-10-4-2-3-5-10/h8,10H,2-7H2,1H3,(H,15,16)(H,17,18). The smallest absolute Gasteiger partial charge is 0.348 e. The van der Waals surface area contributed by atoms with E-state index in [1.165, 1.54) is 25.7 Å². The van der Waals surface area contributed by atoms with Crippen LogP contribution in [0.15, 0.2) is 5.38 Å². The summed E-state index contributed by atoms with van der Waals surface area (Å²) in [7, 11) is 0. The maximum Gasteiger partial charge on any atom is 0.348 e. The Labute approximate surface area is 116 Å². The van der Waals surface area contributed by atoms with E-state index >= 15 is 0 Å². The van der Waals surface area contributed by atoms with Crippen molar-refractivity contribution in [2.45, 2.75) is 45.4 Å². The van der Waals surface area contributed by atoms with Crippen LogP contribution in [0, 0.1) is 12.8 Å². The molecule has 0 radical (unpaired) electrons. The van der Waals surface area contributed by atoms with Gasteiger partial charge in [0.2, 0.25) is 5.91 Å². The van der Waals surface area contributed by atoms with E-state index in [2.05, 4.69) is 5.32 Å². The van der Waals surface area contributed by atoms with Gasteiger partial charge in [0.15, 0.2) is 0 Å². The summed E-state index contributed by atoms with van der Waals surface area (Å²) in [5, 5.41) is 13.6. The van der Waals surface area contributed by atoms with Crippen molar-refractivity contribution in [3.8, 4) is 0 Å². The molecule has 2 rings (SSSR count). The van der Waals surface area contributed by atoms with E-state index in [1.54, 1.807) is 5.38 Å². The second-order valence-corrected chi connectivity index (χ2v) is 6.04. The van der Waals surface area contributed by atoms with Crippen molar-refractivity contribution in [1.82, 2.24) is 0 Å². The topological polar surface area (TPSA) is 66.4 Å². The van der Waals surface area contributed by atoms with Gasteiger partial charge in [-0.15, -0.1) is 11.3 Å². The van der Waals surface area contributed by atoms with Gasteiger partial charge in [-0.05, 0) is 30.2 Å². The van der Waals surface area contributed by atoms with Crippen LogP contribution in [-0.2, 0) is 4.79 Å². The largest absolute Gasteiger partial charge is 0.477 e. The van der Waals surface area contributed by atoms with Crippen molar-refractivity contribution < 1.29 is 14.7 Å². The number of rotatable bonds is 5. The summed E-state index contributed by atoms with van der Waals surface area (Å²) in [6, 6.07) is 0. The Bertz CT molecular complexity index is 475. The molecule has 1 heterocycles. The highest BCUT2D eigenvalue weighted by molar-refractivity contribution is 7.12. The van der Waals surface area contributed by atoms with Crippen molar-refractivity contribution >= 4 is 28.9 Å². The number of carbonyl (C=O) groups excluding carboxylic acids is 1. The molecule has 104 valence electrons. The van der Waals surface area contributed by atoms with Gasteiger partial charge in [-0.2, -0.15) is 0 Å². The van der Waals surface area contributed by atoms with Crippen LogP contribution >= 0.6 is 11.3 Å². The molecule has 1 aromatic rings. The number of hydrogen-bond donors (Lipinski definition) is 2. The molecule has 0 bridgehead atoms.